The molecule has 3 heterocycles. The van der Waals surface area contributed by atoms with Crippen molar-refractivity contribution in [2.24, 2.45) is 0 Å². The number of carbonyl (C=O) groups is 1. The smallest absolute Gasteiger partial charge is 0.306 e. The molecule has 0 saturated carbocycles. The Morgan fingerprint density at radius 3 is 2.69 bits per heavy atom. The summed E-state index contributed by atoms with van der Waals surface area (Å²) in [5.41, 5.74) is -0.507. The number of likely N-dealkylation sites (tertiary alicyclic amines) is 1. The van der Waals surface area contributed by atoms with E-state index in [-0.39, 0.29) is 23.2 Å². The van der Waals surface area contributed by atoms with Crippen LogP contribution < -0.4 is 10.9 Å². The van der Waals surface area contributed by atoms with Crippen LogP contribution in [0.5, 0.6) is 5.75 Å². The summed E-state index contributed by atoms with van der Waals surface area (Å²) in [5.74, 6) is -2.07. The van der Waals surface area contributed by atoms with Crippen LogP contribution in [0.3, 0.4) is 0 Å². The zero-order chi connectivity index (χ0) is 22.7. The van der Waals surface area contributed by atoms with Gasteiger partial charge in [-0.15, -0.1) is 0 Å². The number of benzene rings is 1. The number of hydrogen-bond acceptors (Lipinski definition) is 8. The van der Waals surface area contributed by atoms with Gasteiger partial charge in [-0.2, -0.15) is 0 Å². The molecular weight excluding hydrogens is 414 g/mol. The molecule has 0 radical (unpaired) electrons. The topological polar surface area (TPSA) is 110 Å². The Morgan fingerprint density at radius 2 is 1.94 bits per heavy atom. The van der Waals surface area contributed by atoms with E-state index in [9.17, 15) is 19.5 Å². The van der Waals surface area contributed by atoms with Gasteiger partial charge in [0.1, 0.15) is 11.3 Å². The first kappa shape index (κ1) is 21.8. The van der Waals surface area contributed by atoms with Gasteiger partial charge in [-0.05, 0) is 38.1 Å². The van der Waals surface area contributed by atoms with E-state index < -0.39 is 23.1 Å². The van der Waals surface area contributed by atoms with Crippen LogP contribution in [-0.4, -0.2) is 36.2 Å². The Balaban J connectivity index is 1.81. The molecule has 1 fully saturated rings. The summed E-state index contributed by atoms with van der Waals surface area (Å²) in [5, 5.41) is 10.9. The molecule has 8 nitrogen and oxygen atoms in total. The second-order valence-electron chi connectivity index (χ2n) is 7.98. The van der Waals surface area contributed by atoms with Crippen molar-refractivity contribution in [1.29, 1.82) is 0 Å². The highest BCUT2D eigenvalue weighted by Crippen LogP contribution is 2.33. The van der Waals surface area contributed by atoms with Crippen molar-refractivity contribution >= 4 is 16.9 Å². The molecule has 1 N–H and O–H groups in total. The number of carbonyl (C=O) groups excluding carboxylic acids is 1. The monoisotopic (exact) mass is 439 g/mol. The molecule has 0 aliphatic carbocycles. The van der Waals surface area contributed by atoms with Crippen molar-refractivity contribution in [3.8, 4) is 5.75 Å². The van der Waals surface area contributed by atoms with Crippen molar-refractivity contribution < 1.29 is 23.5 Å². The number of nitrogens with zero attached hydrogens (tertiary/aromatic N) is 1. The highest BCUT2D eigenvalue weighted by molar-refractivity contribution is 5.77. The minimum absolute atomic E-state index is 0.0997. The Labute approximate surface area is 184 Å². The number of ether oxygens (including phenoxy) is 1. The van der Waals surface area contributed by atoms with E-state index in [4.69, 9.17) is 13.6 Å². The van der Waals surface area contributed by atoms with Gasteiger partial charge in [0.25, 0.3) is 0 Å². The fraction of sp³-hybridized carbons (Fsp3) is 0.375. The molecule has 2 aromatic heterocycles. The lowest BCUT2D eigenvalue weighted by Gasteiger charge is -2.26. The minimum Gasteiger partial charge on any atom is -0.502 e. The number of piperidine rings is 1. The molecule has 1 atom stereocenters. The second-order valence-corrected chi connectivity index (χ2v) is 7.98. The number of para-hydroxylation sites is 1. The first-order chi connectivity index (χ1) is 15.5. The number of rotatable bonds is 6. The molecule has 1 saturated heterocycles. The first-order valence-electron chi connectivity index (χ1n) is 10.6. The molecule has 1 aromatic carbocycles. The number of esters is 1. The standard InChI is InChI=1S/C24H25NO7/c1-30-21(27)12-17(18-14-31-20-8-4-3-7-16(20)22(18)28)24-23(29)19(26)11-15(32-24)13-25-9-5-2-6-10-25/h3-4,7-8,11,14,17,29H,2,5-6,9-10,12-13H2,1H3/t17-/m1/s1. The van der Waals surface area contributed by atoms with Gasteiger partial charge in [-0.1, -0.05) is 18.6 Å². The third-order valence-electron chi connectivity index (χ3n) is 5.83. The molecule has 4 rings (SSSR count). The van der Waals surface area contributed by atoms with Crippen molar-refractivity contribution in [2.75, 3.05) is 20.2 Å². The molecule has 0 spiro atoms. The predicted octanol–water partition coefficient (Wildman–Crippen LogP) is 3.13. The van der Waals surface area contributed by atoms with Gasteiger partial charge in [0.05, 0.1) is 37.6 Å². The second kappa shape index (κ2) is 9.40. The first-order valence-corrected chi connectivity index (χ1v) is 10.6. The van der Waals surface area contributed by atoms with Crippen LogP contribution in [0, 0.1) is 0 Å². The quantitative estimate of drug-likeness (QED) is 0.584. The van der Waals surface area contributed by atoms with Crippen molar-refractivity contribution in [3.05, 3.63) is 74.1 Å². The summed E-state index contributed by atoms with van der Waals surface area (Å²) in [4.78, 5) is 40.1. The molecule has 1 aliphatic heterocycles. The normalized spacial score (nSPS) is 15.5. The zero-order valence-electron chi connectivity index (χ0n) is 17.8. The summed E-state index contributed by atoms with van der Waals surface area (Å²) in [6, 6.07) is 7.97. The molecule has 32 heavy (non-hydrogen) atoms. The molecule has 0 unspecified atom stereocenters. The maximum absolute atomic E-state index is 13.2. The van der Waals surface area contributed by atoms with Crippen molar-refractivity contribution in [2.45, 2.75) is 38.1 Å². The Bertz CT molecular complexity index is 1240. The lowest BCUT2D eigenvalue weighted by Crippen LogP contribution is -2.29. The molecule has 0 bridgehead atoms. The SMILES string of the molecule is COC(=O)C[C@@H](c1oc(CN2CCCCC2)cc(=O)c1O)c1coc2ccccc2c1=O. The summed E-state index contributed by atoms with van der Waals surface area (Å²) in [6.07, 6.45) is 4.25. The van der Waals surface area contributed by atoms with Crippen LogP contribution in [0.2, 0.25) is 0 Å². The molecule has 0 amide bonds. The van der Waals surface area contributed by atoms with Gasteiger partial charge >= 0.3 is 5.97 Å². The maximum atomic E-state index is 13.2. The fourth-order valence-corrected chi connectivity index (χ4v) is 4.13. The zero-order valence-corrected chi connectivity index (χ0v) is 17.8. The number of fused-ring (bicyclic) bond motifs is 1. The predicted molar refractivity (Wildman–Crippen MR) is 117 cm³/mol. The van der Waals surface area contributed by atoms with Gasteiger partial charge in [0, 0.05) is 11.6 Å². The van der Waals surface area contributed by atoms with Crippen LogP contribution in [-0.2, 0) is 16.1 Å². The average Bonchev–Trinajstić information content (AvgIpc) is 2.81. The average molecular weight is 439 g/mol. The van der Waals surface area contributed by atoms with Crippen LogP contribution in [0.25, 0.3) is 11.0 Å². The molecule has 3 aromatic rings. The third kappa shape index (κ3) is 4.45. The minimum atomic E-state index is -1.04. The van der Waals surface area contributed by atoms with Crippen LogP contribution in [0.15, 0.2) is 55.0 Å². The van der Waals surface area contributed by atoms with Crippen molar-refractivity contribution in [1.82, 2.24) is 4.90 Å². The van der Waals surface area contributed by atoms with Gasteiger partial charge in [0.15, 0.2) is 11.2 Å². The molecule has 8 heteroatoms. The molecular formula is C24H25NO7. The molecule has 168 valence electrons. The van der Waals surface area contributed by atoms with E-state index in [1.165, 1.54) is 25.9 Å². The van der Waals surface area contributed by atoms with E-state index in [1.54, 1.807) is 24.3 Å². The van der Waals surface area contributed by atoms with Crippen LogP contribution in [0.1, 0.15) is 48.7 Å². The van der Waals surface area contributed by atoms with E-state index in [0.717, 1.165) is 25.9 Å². The molecule has 1 aliphatic rings. The number of hydrogen-bond donors (Lipinski definition) is 1. The van der Waals surface area contributed by atoms with E-state index >= 15 is 0 Å². The van der Waals surface area contributed by atoms with Gasteiger partial charge < -0.3 is 18.7 Å². The summed E-state index contributed by atoms with van der Waals surface area (Å²) in [7, 11) is 1.23. The number of methoxy groups -OCH3 is 1. The summed E-state index contributed by atoms with van der Waals surface area (Å²) >= 11 is 0. The lowest BCUT2D eigenvalue weighted by atomic mass is 9.92. The highest BCUT2D eigenvalue weighted by Gasteiger charge is 2.30. The maximum Gasteiger partial charge on any atom is 0.306 e. The van der Waals surface area contributed by atoms with E-state index in [0.29, 0.717) is 23.3 Å². The Hall–Kier alpha value is -3.39. The summed E-state index contributed by atoms with van der Waals surface area (Å²) < 4.78 is 16.3. The highest BCUT2D eigenvalue weighted by atomic mass is 16.5. The van der Waals surface area contributed by atoms with Gasteiger partial charge in [-0.25, -0.2) is 0 Å². The van der Waals surface area contributed by atoms with E-state index in [1.807, 2.05) is 0 Å². The fourth-order valence-electron chi connectivity index (χ4n) is 4.13. The van der Waals surface area contributed by atoms with Crippen LogP contribution in [0.4, 0.5) is 0 Å². The van der Waals surface area contributed by atoms with E-state index in [2.05, 4.69) is 4.90 Å². The van der Waals surface area contributed by atoms with Crippen LogP contribution >= 0.6 is 0 Å². The largest absolute Gasteiger partial charge is 0.502 e. The Kier molecular flexibility index (Phi) is 6.41. The van der Waals surface area contributed by atoms with Gasteiger partial charge in [-0.3, -0.25) is 19.3 Å². The lowest BCUT2D eigenvalue weighted by molar-refractivity contribution is -0.140. The van der Waals surface area contributed by atoms with Gasteiger partial charge in [0.2, 0.25) is 11.2 Å². The summed E-state index contributed by atoms with van der Waals surface area (Å²) in [6.45, 7) is 2.18. The Morgan fingerprint density at radius 1 is 1.19 bits per heavy atom. The number of aromatic hydroxyl groups is 1. The third-order valence-corrected chi connectivity index (χ3v) is 5.83. The van der Waals surface area contributed by atoms with Crippen molar-refractivity contribution in [3.63, 3.8) is 0 Å².